The molecule has 1 atom stereocenters. The lowest BCUT2D eigenvalue weighted by atomic mass is 9.79. The maximum atomic E-state index is 10.2. The number of aryl methyl sites for hydroxylation is 1. The molecule has 21 heavy (non-hydrogen) atoms. The predicted octanol–water partition coefficient (Wildman–Crippen LogP) is 3.88. The highest BCUT2D eigenvalue weighted by Crippen LogP contribution is 2.48. The molecule has 0 saturated carbocycles. The minimum atomic E-state index is -0.435. The maximum absolute atomic E-state index is 10.2. The van der Waals surface area contributed by atoms with E-state index in [2.05, 4.69) is 37.3 Å². The average Bonchev–Trinajstić information content (AvgIpc) is 3.11. The summed E-state index contributed by atoms with van der Waals surface area (Å²) in [6.07, 6.45) is 0. The van der Waals surface area contributed by atoms with Crippen molar-refractivity contribution >= 4 is 22.1 Å². The molecule has 2 heterocycles. The van der Waals surface area contributed by atoms with Crippen molar-refractivity contribution in [2.45, 2.75) is 12.3 Å². The monoisotopic (exact) mass is 296 g/mol. The van der Waals surface area contributed by atoms with Crippen molar-refractivity contribution in [3.05, 3.63) is 63.8 Å². The van der Waals surface area contributed by atoms with E-state index >= 15 is 0 Å². The molecule has 3 aromatic rings. The van der Waals surface area contributed by atoms with E-state index in [1.54, 1.807) is 11.3 Å². The second-order valence-corrected chi connectivity index (χ2v) is 6.89. The van der Waals surface area contributed by atoms with E-state index in [1.807, 2.05) is 18.2 Å². The Morgan fingerprint density at radius 2 is 2.00 bits per heavy atom. The summed E-state index contributed by atoms with van der Waals surface area (Å²) in [5.41, 5.74) is 0.694. The van der Waals surface area contributed by atoms with Crippen LogP contribution in [0.15, 0.2) is 48.5 Å². The van der Waals surface area contributed by atoms with Crippen molar-refractivity contribution in [3.8, 4) is 5.75 Å². The second-order valence-electron chi connectivity index (χ2n) is 5.60. The maximum Gasteiger partial charge on any atom is 0.124 e. The highest BCUT2D eigenvalue weighted by atomic mass is 32.1. The molecule has 0 unspecified atom stereocenters. The standard InChI is InChI=1S/C18H16O2S/c1-12-6-9-16(21-12)18(10-19)11-20-15-8-7-13-4-2-3-5-14(13)17(15)18/h2-9,19H,10-11H2,1H3/t18-/m0/s1. The lowest BCUT2D eigenvalue weighted by molar-refractivity contribution is 0.188. The molecular formula is C18H16O2S. The fourth-order valence-electron chi connectivity index (χ4n) is 3.23. The topological polar surface area (TPSA) is 29.5 Å². The van der Waals surface area contributed by atoms with E-state index in [9.17, 15) is 5.11 Å². The van der Waals surface area contributed by atoms with E-state index in [0.29, 0.717) is 6.61 Å². The molecule has 0 fully saturated rings. The van der Waals surface area contributed by atoms with Crippen LogP contribution in [-0.2, 0) is 5.41 Å². The zero-order valence-electron chi connectivity index (χ0n) is 11.8. The van der Waals surface area contributed by atoms with E-state index in [0.717, 1.165) is 11.3 Å². The number of fused-ring (bicyclic) bond motifs is 3. The Hall–Kier alpha value is -1.84. The van der Waals surface area contributed by atoms with Crippen LogP contribution in [0.2, 0.25) is 0 Å². The number of aliphatic hydroxyl groups is 1. The molecule has 0 amide bonds. The van der Waals surface area contributed by atoms with Gasteiger partial charge in [0, 0.05) is 15.3 Å². The molecule has 1 aliphatic heterocycles. The number of hydrogen-bond donors (Lipinski definition) is 1. The van der Waals surface area contributed by atoms with Crippen molar-refractivity contribution in [2.24, 2.45) is 0 Å². The van der Waals surface area contributed by atoms with Gasteiger partial charge in [-0.15, -0.1) is 11.3 Å². The van der Waals surface area contributed by atoms with Crippen LogP contribution >= 0.6 is 11.3 Å². The van der Waals surface area contributed by atoms with Crippen molar-refractivity contribution in [2.75, 3.05) is 13.2 Å². The van der Waals surface area contributed by atoms with E-state index < -0.39 is 5.41 Å². The zero-order chi connectivity index (χ0) is 14.4. The van der Waals surface area contributed by atoms with E-state index in [4.69, 9.17) is 4.74 Å². The summed E-state index contributed by atoms with van der Waals surface area (Å²) >= 11 is 1.74. The summed E-state index contributed by atoms with van der Waals surface area (Å²) in [5.74, 6) is 0.897. The van der Waals surface area contributed by atoms with Gasteiger partial charge in [0.1, 0.15) is 12.4 Å². The van der Waals surface area contributed by atoms with Crippen LogP contribution < -0.4 is 4.74 Å². The van der Waals surface area contributed by atoms with E-state index in [1.165, 1.54) is 20.5 Å². The number of benzene rings is 2. The van der Waals surface area contributed by atoms with Crippen LogP contribution in [0.4, 0.5) is 0 Å². The molecule has 0 aliphatic carbocycles. The van der Waals surface area contributed by atoms with Gasteiger partial charge < -0.3 is 9.84 Å². The summed E-state index contributed by atoms with van der Waals surface area (Å²) in [7, 11) is 0. The molecule has 2 aromatic carbocycles. The second kappa shape index (κ2) is 4.58. The van der Waals surface area contributed by atoms with E-state index in [-0.39, 0.29) is 6.61 Å². The molecule has 0 spiro atoms. The molecule has 0 saturated heterocycles. The Bertz CT molecular complexity index is 821. The van der Waals surface area contributed by atoms with Crippen LogP contribution in [0.5, 0.6) is 5.75 Å². The summed E-state index contributed by atoms with van der Waals surface area (Å²) in [6.45, 7) is 2.67. The van der Waals surface area contributed by atoms with Gasteiger partial charge in [-0.05, 0) is 35.9 Å². The van der Waals surface area contributed by atoms with Crippen molar-refractivity contribution in [1.29, 1.82) is 0 Å². The third-order valence-electron chi connectivity index (χ3n) is 4.33. The molecule has 2 nitrogen and oxygen atoms in total. The Morgan fingerprint density at radius 1 is 1.14 bits per heavy atom. The van der Waals surface area contributed by atoms with Gasteiger partial charge in [0.2, 0.25) is 0 Å². The Balaban J connectivity index is 2.05. The fourth-order valence-corrected chi connectivity index (χ4v) is 4.27. The highest BCUT2D eigenvalue weighted by molar-refractivity contribution is 7.12. The van der Waals surface area contributed by atoms with Gasteiger partial charge in [-0.2, -0.15) is 0 Å². The molecule has 106 valence electrons. The summed E-state index contributed by atoms with van der Waals surface area (Å²) in [5, 5.41) is 12.6. The minimum absolute atomic E-state index is 0.0635. The van der Waals surface area contributed by atoms with Gasteiger partial charge in [-0.25, -0.2) is 0 Å². The van der Waals surface area contributed by atoms with Crippen LogP contribution in [0, 0.1) is 6.92 Å². The highest BCUT2D eigenvalue weighted by Gasteiger charge is 2.44. The lowest BCUT2D eigenvalue weighted by Gasteiger charge is -2.25. The molecule has 0 radical (unpaired) electrons. The van der Waals surface area contributed by atoms with Crippen LogP contribution in [0.1, 0.15) is 15.3 Å². The molecule has 1 N–H and O–H groups in total. The molecule has 0 bridgehead atoms. The minimum Gasteiger partial charge on any atom is -0.492 e. The summed E-state index contributed by atoms with van der Waals surface area (Å²) in [4.78, 5) is 2.43. The molecule has 1 aromatic heterocycles. The van der Waals surface area contributed by atoms with Crippen molar-refractivity contribution in [3.63, 3.8) is 0 Å². The van der Waals surface area contributed by atoms with Gasteiger partial charge in [-0.1, -0.05) is 30.3 Å². The Morgan fingerprint density at radius 3 is 2.76 bits per heavy atom. The van der Waals surface area contributed by atoms with Gasteiger partial charge in [0.25, 0.3) is 0 Å². The average molecular weight is 296 g/mol. The first-order chi connectivity index (χ1) is 10.2. The number of thiophene rings is 1. The summed E-state index contributed by atoms with van der Waals surface area (Å²) in [6, 6.07) is 16.7. The summed E-state index contributed by atoms with van der Waals surface area (Å²) < 4.78 is 5.92. The predicted molar refractivity (Wildman–Crippen MR) is 86.4 cm³/mol. The largest absolute Gasteiger partial charge is 0.492 e. The first-order valence-electron chi connectivity index (χ1n) is 7.07. The number of hydrogen-bond acceptors (Lipinski definition) is 3. The van der Waals surface area contributed by atoms with Gasteiger partial charge in [0.05, 0.1) is 12.0 Å². The van der Waals surface area contributed by atoms with Crippen molar-refractivity contribution < 1.29 is 9.84 Å². The lowest BCUT2D eigenvalue weighted by Crippen LogP contribution is -2.33. The normalized spacial score (nSPS) is 20.5. The van der Waals surface area contributed by atoms with Crippen LogP contribution in [0.3, 0.4) is 0 Å². The third-order valence-corrected chi connectivity index (χ3v) is 5.53. The van der Waals surface area contributed by atoms with Gasteiger partial charge in [0.15, 0.2) is 0 Å². The number of rotatable bonds is 2. The Labute approximate surface area is 127 Å². The third kappa shape index (κ3) is 1.74. The quantitative estimate of drug-likeness (QED) is 0.777. The molecular weight excluding hydrogens is 280 g/mol. The first-order valence-corrected chi connectivity index (χ1v) is 7.89. The molecule has 1 aliphatic rings. The SMILES string of the molecule is Cc1ccc([C@]2(CO)COc3ccc4ccccc4c32)s1. The Kier molecular flexibility index (Phi) is 2.81. The van der Waals surface area contributed by atoms with Gasteiger partial charge in [-0.3, -0.25) is 0 Å². The van der Waals surface area contributed by atoms with Gasteiger partial charge >= 0.3 is 0 Å². The van der Waals surface area contributed by atoms with Crippen LogP contribution in [0.25, 0.3) is 10.8 Å². The molecule has 4 rings (SSSR count). The number of aliphatic hydroxyl groups excluding tert-OH is 1. The van der Waals surface area contributed by atoms with Crippen LogP contribution in [-0.4, -0.2) is 18.3 Å². The van der Waals surface area contributed by atoms with Crippen molar-refractivity contribution in [1.82, 2.24) is 0 Å². The zero-order valence-corrected chi connectivity index (χ0v) is 12.6. The first kappa shape index (κ1) is 12.9. The molecule has 3 heteroatoms. The fraction of sp³-hybridized carbons (Fsp3) is 0.222. The smallest absolute Gasteiger partial charge is 0.124 e. The number of ether oxygens (including phenoxy) is 1.